The summed E-state index contributed by atoms with van der Waals surface area (Å²) in [6.07, 6.45) is 1.57. The lowest BCUT2D eigenvalue weighted by Crippen LogP contribution is -2.53. The third kappa shape index (κ3) is 5.53. The van der Waals surface area contributed by atoms with Gasteiger partial charge in [-0.2, -0.15) is 0 Å². The van der Waals surface area contributed by atoms with Gasteiger partial charge in [0.15, 0.2) is 0 Å². The van der Waals surface area contributed by atoms with E-state index in [-0.39, 0.29) is 11.9 Å². The highest BCUT2D eigenvalue weighted by Crippen LogP contribution is 2.30. The second-order valence-corrected chi connectivity index (χ2v) is 8.26. The highest BCUT2D eigenvalue weighted by atomic mass is 16.5. The van der Waals surface area contributed by atoms with Gasteiger partial charge in [0.1, 0.15) is 5.75 Å². The van der Waals surface area contributed by atoms with Crippen molar-refractivity contribution < 1.29 is 14.3 Å². The molecule has 1 heterocycles. The van der Waals surface area contributed by atoms with Crippen LogP contribution >= 0.6 is 0 Å². The molecule has 1 fully saturated rings. The molecule has 160 valence electrons. The number of aryl methyl sites for hydroxylation is 1. The SMILES string of the molecule is COc1cccc(CNC(=O)[C@]2(C)CCCN(C(=O)NCc3ccc(C)cc3)C2)c1. The predicted molar refractivity (Wildman–Crippen MR) is 117 cm³/mol. The minimum absolute atomic E-state index is 0.0265. The summed E-state index contributed by atoms with van der Waals surface area (Å²) in [7, 11) is 1.62. The Morgan fingerprint density at radius 3 is 2.53 bits per heavy atom. The summed E-state index contributed by atoms with van der Waals surface area (Å²) in [5.74, 6) is 0.739. The van der Waals surface area contributed by atoms with E-state index in [4.69, 9.17) is 4.74 Å². The molecule has 2 aromatic carbocycles. The average Bonchev–Trinajstić information content (AvgIpc) is 2.77. The number of nitrogens with zero attached hydrogens (tertiary/aromatic N) is 1. The monoisotopic (exact) mass is 409 g/mol. The normalized spacial score (nSPS) is 18.6. The number of hydrogen-bond donors (Lipinski definition) is 2. The Bertz CT molecular complexity index is 882. The molecule has 0 radical (unpaired) electrons. The maximum atomic E-state index is 12.9. The molecular formula is C24H31N3O3. The van der Waals surface area contributed by atoms with E-state index in [1.807, 2.05) is 62.4 Å². The van der Waals surface area contributed by atoms with Crippen LogP contribution in [0.5, 0.6) is 5.75 Å². The van der Waals surface area contributed by atoms with Crippen LogP contribution in [0.2, 0.25) is 0 Å². The number of methoxy groups -OCH3 is 1. The first-order valence-electron chi connectivity index (χ1n) is 10.4. The predicted octanol–water partition coefficient (Wildman–Crippen LogP) is 3.63. The highest BCUT2D eigenvalue weighted by Gasteiger charge is 2.39. The average molecular weight is 410 g/mol. The first-order chi connectivity index (χ1) is 14.4. The Hall–Kier alpha value is -3.02. The van der Waals surface area contributed by atoms with Crippen molar-refractivity contribution >= 4 is 11.9 Å². The zero-order valence-electron chi connectivity index (χ0n) is 18.0. The summed E-state index contributed by atoms with van der Waals surface area (Å²) < 4.78 is 5.24. The van der Waals surface area contributed by atoms with Gasteiger partial charge in [0.05, 0.1) is 12.5 Å². The molecule has 30 heavy (non-hydrogen) atoms. The lowest BCUT2D eigenvalue weighted by atomic mass is 9.81. The van der Waals surface area contributed by atoms with Gasteiger partial charge >= 0.3 is 6.03 Å². The van der Waals surface area contributed by atoms with E-state index < -0.39 is 5.41 Å². The Balaban J connectivity index is 1.54. The van der Waals surface area contributed by atoms with Crippen LogP contribution in [0.3, 0.4) is 0 Å². The van der Waals surface area contributed by atoms with Crippen LogP contribution < -0.4 is 15.4 Å². The lowest BCUT2D eigenvalue weighted by molar-refractivity contribution is -0.132. The molecule has 0 saturated carbocycles. The van der Waals surface area contributed by atoms with Gasteiger partial charge in [0, 0.05) is 26.2 Å². The first-order valence-corrected chi connectivity index (χ1v) is 10.4. The molecule has 1 saturated heterocycles. The van der Waals surface area contributed by atoms with Crippen LogP contribution in [0.1, 0.15) is 36.5 Å². The summed E-state index contributed by atoms with van der Waals surface area (Å²) in [6.45, 7) is 5.97. The Labute approximate surface area is 178 Å². The molecular weight excluding hydrogens is 378 g/mol. The topological polar surface area (TPSA) is 70.7 Å². The summed E-state index contributed by atoms with van der Waals surface area (Å²) in [6, 6.07) is 15.6. The summed E-state index contributed by atoms with van der Waals surface area (Å²) in [4.78, 5) is 27.3. The maximum absolute atomic E-state index is 12.9. The Morgan fingerprint density at radius 2 is 1.80 bits per heavy atom. The lowest BCUT2D eigenvalue weighted by Gasteiger charge is -2.39. The minimum Gasteiger partial charge on any atom is -0.497 e. The van der Waals surface area contributed by atoms with E-state index in [1.54, 1.807) is 12.0 Å². The van der Waals surface area contributed by atoms with Gasteiger partial charge < -0.3 is 20.3 Å². The molecule has 3 amide bonds. The fourth-order valence-corrected chi connectivity index (χ4v) is 3.77. The number of benzene rings is 2. The van der Waals surface area contributed by atoms with Crippen molar-refractivity contribution in [3.63, 3.8) is 0 Å². The smallest absolute Gasteiger partial charge is 0.317 e. The van der Waals surface area contributed by atoms with Crippen molar-refractivity contribution in [1.82, 2.24) is 15.5 Å². The summed E-state index contributed by atoms with van der Waals surface area (Å²) in [5.41, 5.74) is 2.63. The van der Waals surface area contributed by atoms with Crippen LogP contribution in [0.25, 0.3) is 0 Å². The number of likely N-dealkylation sites (tertiary alicyclic amines) is 1. The van der Waals surface area contributed by atoms with E-state index in [0.717, 1.165) is 29.7 Å². The van der Waals surface area contributed by atoms with Gasteiger partial charge in [-0.05, 0) is 49.9 Å². The van der Waals surface area contributed by atoms with Crippen molar-refractivity contribution in [3.05, 3.63) is 65.2 Å². The largest absolute Gasteiger partial charge is 0.497 e. The second-order valence-electron chi connectivity index (χ2n) is 8.26. The molecule has 6 nitrogen and oxygen atoms in total. The van der Waals surface area contributed by atoms with E-state index in [1.165, 1.54) is 5.56 Å². The zero-order valence-corrected chi connectivity index (χ0v) is 18.0. The molecule has 6 heteroatoms. The van der Waals surface area contributed by atoms with Crippen molar-refractivity contribution in [2.75, 3.05) is 20.2 Å². The van der Waals surface area contributed by atoms with Crippen molar-refractivity contribution in [1.29, 1.82) is 0 Å². The fourth-order valence-electron chi connectivity index (χ4n) is 3.77. The number of hydrogen-bond acceptors (Lipinski definition) is 3. The van der Waals surface area contributed by atoms with Crippen LogP contribution in [-0.4, -0.2) is 37.0 Å². The molecule has 1 atom stereocenters. The molecule has 2 aromatic rings. The number of carbonyl (C=O) groups is 2. The Kier molecular flexibility index (Phi) is 6.98. The maximum Gasteiger partial charge on any atom is 0.317 e. The van der Waals surface area contributed by atoms with Gasteiger partial charge in [0.2, 0.25) is 5.91 Å². The highest BCUT2D eigenvalue weighted by molar-refractivity contribution is 5.84. The molecule has 0 aliphatic carbocycles. The third-order valence-corrected chi connectivity index (χ3v) is 5.68. The van der Waals surface area contributed by atoms with E-state index in [2.05, 4.69) is 10.6 Å². The zero-order chi connectivity index (χ0) is 21.6. The van der Waals surface area contributed by atoms with E-state index >= 15 is 0 Å². The second kappa shape index (κ2) is 9.65. The number of amides is 3. The van der Waals surface area contributed by atoms with Crippen LogP contribution in [0, 0.1) is 12.3 Å². The van der Waals surface area contributed by atoms with Gasteiger partial charge in [0.25, 0.3) is 0 Å². The van der Waals surface area contributed by atoms with E-state index in [9.17, 15) is 9.59 Å². The van der Waals surface area contributed by atoms with Crippen molar-refractivity contribution in [2.45, 2.75) is 39.8 Å². The summed E-state index contributed by atoms with van der Waals surface area (Å²) >= 11 is 0. The minimum atomic E-state index is -0.599. The molecule has 1 aliphatic rings. The van der Waals surface area contributed by atoms with Gasteiger partial charge in [-0.25, -0.2) is 4.79 Å². The number of urea groups is 1. The Morgan fingerprint density at radius 1 is 1.07 bits per heavy atom. The molecule has 3 rings (SSSR count). The molecule has 0 aromatic heterocycles. The molecule has 0 bridgehead atoms. The number of carbonyl (C=O) groups excluding carboxylic acids is 2. The van der Waals surface area contributed by atoms with Gasteiger partial charge in [-0.1, -0.05) is 42.0 Å². The van der Waals surface area contributed by atoms with Gasteiger partial charge in [-0.15, -0.1) is 0 Å². The molecule has 1 aliphatic heterocycles. The summed E-state index contributed by atoms with van der Waals surface area (Å²) in [5, 5.41) is 6.01. The third-order valence-electron chi connectivity index (χ3n) is 5.68. The number of ether oxygens (including phenoxy) is 1. The van der Waals surface area contributed by atoms with E-state index in [0.29, 0.717) is 26.2 Å². The van der Waals surface area contributed by atoms with Gasteiger partial charge in [-0.3, -0.25) is 4.79 Å². The quantitative estimate of drug-likeness (QED) is 0.765. The number of nitrogens with one attached hydrogen (secondary N) is 2. The standard InChI is InChI=1S/C24H31N3O3/c1-18-8-10-19(11-9-18)15-26-23(29)27-13-5-12-24(2,17-27)22(28)25-16-20-6-4-7-21(14-20)30-3/h4,6-11,14H,5,12-13,15-17H2,1-3H3,(H,25,28)(H,26,29)/t24-/m1/s1. The molecule has 2 N–H and O–H groups in total. The van der Waals surface area contributed by atoms with Crippen molar-refractivity contribution in [2.24, 2.45) is 5.41 Å². The molecule has 0 spiro atoms. The first kappa shape index (κ1) is 21.7. The molecule has 0 unspecified atom stereocenters. The van der Waals surface area contributed by atoms with Crippen molar-refractivity contribution in [3.8, 4) is 5.75 Å². The number of rotatable bonds is 6. The number of piperidine rings is 1. The van der Waals surface area contributed by atoms with Crippen LogP contribution in [-0.2, 0) is 17.9 Å². The fraction of sp³-hybridized carbons (Fsp3) is 0.417. The van der Waals surface area contributed by atoms with Crippen LogP contribution in [0.15, 0.2) is 48.5 Å². The van der Waals surface area contributed by atoms with Crippen LogP contribution in [0.4, 0.5) is 4.79 Å².